The van der Waals surface area contributed by atoms with Crippen molar-refractivity contribution in [3.05, 3.63) is 22.7 Å². The van der Waals surface area contributed by atoms with Crippen molar-refractivity contribution in [1.29, 1.82) is 0 Å². The lowest BCUT2D eigenvalue weighted by Crippen LogP contribution is -1.91. The molecule has 0 aliphatic carbocycles. The zero-order valence-electron chi connectivity index (χ0n) is 10.2. The molecule has 16 heavy (non-hydrogen) atoms. The highest BCUT2D eigenvalue weighted by atomic mass is 32.1. The molecule has 0 spiro atoms. The van der Waals surface area contributed by atoms with Gasteiger partial charge in [0.1, 0.15) is 11.3 Å². The van der Waals surface area contributed by atoms with Gasteiger partial charge in [-0.05, 0) is 30.0 Å². The van der Waals surface area contributed by atoms with Crippen molar-refractivity contribution in [2.75, 3.05) is 7.11 Å². The van der Waals surface area contributed by atoms with Gasteiger partial charge in [0.15, 0.2) is 0 Å². The van der Waals surface area contributed by atoms with Crippen LogP contribution >= 0.6 is 11.3 Å². The van der Waals surface area contributed by atoms with Gasteiger partial charge in [-0.1, -0.05) is 20.8 Å². The second kappa shape index (κ2) is 4.42. The summed E-state index contributed by atoms with van der Waals surface area (Å²) in [6, 6.07) is 4.34. The summed E-state index contributed by atoms with van der Waals surface area (Å²) < 4.78 is 6.66. The topological polar surface area (TPSA) is 22.1 Å². The van der Waals surface area contributed by atoms with Crippen LogP contribution in [0.15, 0.2) is 12.1 Å². The van der Waals surface area contributed by atoms with Gasteiger partial charge in [-0.2, -0.15) is 0 Å². The number of aryl methyl sites for hydroxylation is 1. The van der Waals surface area contributed by atoms with Gasteiger partial charge < -0.3 is 4.74 Å². The summed E-state index contributed by atoms with van der Waals surface area (Å²) in [4.78, 5) is 4.60. The number of nitrogens with zero attached hydrogens (tertiary/aromatic N) is 1. The average molecular weight is 235 g/mol. The number of hydrogen-bond donors (Lipinski definition) is 0. The average Bonchev–Trinajstić information content (AvgIpc) is 2.70. The Morgan fingerprint density at radius 2 is 2.12 bits per heavy atom. The van der Waals surface area contributed by atoms with E-state index in [1.807, 2.05) is 0 Å². The normalized spacial score (nSPS) is 11.3. The summed E-state index contributed by atoms with van der Waals surface area (Å²) in [5.74, 6) is 1.42. The van der Waals surface area contributed by atoms with Crippen LogP contribution in [-0.4, -0.2) is 12.1 Å². The summed E-state index contributed by atoms with van der Waals surface area (Å²) in [5.41, 5.74) is 2.32. The van der Waals surface area contributed by atoms with E-state index in [9.17, 15) is 0 Å². The van der Waals surface area contributed by atoms with Crippen LogP contribution in [0, 0.1) is 0 Å². The van der Waals surface area contributed by atoms with E-state index in [1.165, 1.54) is 15.3 Å². The highest BCUT2D eigenvalue weighted by Gasteiger charge is 2.11. The zero-order chi connectivity index (χ0) is 11.7. The molecule has 0 fully saturated rings. The van der Waals surface area contributed by atoms with Crippen molar-refractivity contribution in [1.82, 2.24) is 4.98 Å². The van der Waals surface area contributed by atoms with Gasteiger partial charge in [0.25, 0.3) is 0 Å². The molecule has 0 radical (unpaired) electrons. The standard InChI is InChI=1S/C13H17NOS/c1-5-12-14-13-10(15-4)6-9(8(2)3)7-11(13)16-12/h6-8H,5H2,1-4H3. The number of ether oxygens (including phenoxy) is 1. The van der Waals surface area contributed by atoms with Gasteiger partial charge in [-0.3, -0.25) is 0 Å². The van der Waals surface area contributed by atoms with Crippen LogP contribution in [0.2, 0.25) is 0 Å². The minimum absolute atomic E-state index is 0.519. The van der Waals surface area contributed by atoms with Crippen LogP contribution in [-0.2, 0) is 6.42 Å². The summed E-state index contributed by atoms with van der Waals surface area (Å²) >= 11 is 1.77. The smallest absolute Gasteiger partial charge is 0.146 e. The van der Waals surface area contributed by atoms with E-state index < -0.39 is 0 Å². The molecular weight excluding hydrogens is 218 g/mol. The molecule has 2 rings (SSSR count). The minimum Gasteiger partial charge on any atom is -0.494 e. The second-order valence-corrected chi connectivity index (χ2v) is 5.30. The van der Waals surface area contributed by atoms with Gasteiger partial charge in [0.2, 0.25) is 0 Å². The van der Waals surface area contributed by atoms with Crippen molar-refractivity contribution in [3.63, 3.8) is 0 Å². The molecule has 1 aromatic carbocycles. The largest absolute Gasteiger partial charge is 0.494 e. The van der Waals surface area contributed by atoms with Gasteiger partial charge in [-0.25, -0.2) is 4.98 Å². The zero-order valence-corrected chi connectivity index (χ0v) is 11.0. The lowest BCUT2D eigenvalue weighted by Gasteiger charge is -2.08. The number of hydrogen-bond acceptors (Lipinski definition) is 3. The Kier molecular flexibility index (Phi) is 3.15. The Morgan fingerprint density at radius 1 is 1.38 bits per heavy atom. The fourth-order valence-electron chi connectivity index (χ4n) is 1.71. The number of rotatable bonds is 3. The Balaban J connectivity index is 2.66. The van der Waals surface area contributed by atoms with Gasteiger partial charge in [-0.15, -0.1) is 11.3 Å². The van der Waals surface area contributed by atoms with Gasteiger partial charge in [0, 0.05) is 0 Å². The molecule has 2 aromatic rings. The molecule has 0 unspecified atom stereocenters. The first-order chi connectivity index (χ1) is 7.65. The first kappa shape index (κ1) is 11.4. The Labute approximate surface area is 100 Å². The molecule has 0 amide bonds. The molecule has 0 aliphatic rings. The fraction of sp³-hybridized carbons (Fsp3) is 0.462. The highest BCUT2D eigenvalue weighted by molar-refractivity contribution is 7.18. The predicted octanol–water partition coefficient (Wildman–Crippen LogP) is 3.99. The molecule has 0 bridgehead atoms. The molecule has 1 aromatic heterocycles. The predicted molar refractivity (Wildman–Crippen MR) is 69.6 cm³/mol. The van der Waals surface area contributed by atoms with Crippen LogP contribution in [0.3, 0.4) is 0 Å². The number of aromatic nitrogens is 1. The van der Waals surface area contributed by atoms with E-state index in [4.69, 9.17) is 4.74 Å². The maximum atomic E-state index is 5.42. The minimum atomic E-state index is 0.519. The van der Waals surface area contributed by atoms with E-state index in [2.05, 4.69) is 37.9 Å². The van der Waals surface area contributed by atoms with Crippen LogP contribution in [0.4, 0.5) is 0 Å². The van der Waals surface area contributed by atoms with Crippen molar-refractivity contribution in [3.8, 4) is 5.75 Å². The summed E-state index contributed by atoms with van der Waals surface area (Å²) in [7, 11) is 1.71. The number of fused-ring (bicyclic) bond motifs is 1. The second-order valence-electron chi connectivity index (χ2n) is 4.19. The third-order valence-electron chi connectivity index (χ3n) is 2.72. The van der Waals surface area contributed by atoms with Crippen molar-refractivity contribution >= 4 is 21.6 Å². The molecular formula is C13H17NOS. The quantitative estimate of drug-likeness (QED) is 0.802. The number of benzene rings is 1. The van der Waals surface area contributed by atoms with Crippen molar-refractivity contribution < 1.29 is 4.74 Å². The Morgan fingerprint density at radius 3 is 2.69 bits per heavy atom. The van der Waals surface area contributed by atoms with Crippen LogP contribution in [0.5, 0.6) is 5.75 Å². The third kappa shape index (κ3) is 1.92. The maximum Gasteiger partial charge on any atom is 0.146 e. The molecule has 0 aliphatic heterocycles. The van der Waals surface area contributed by atoms with Crippen LogP contribution in [0.25, 0.3) is 10.2 Å². The SMILES string of the molecule is CCc1nc2c(OC)cc(C(C)C)cc2s1. The van der Waals surface area contributed by atoms with Crippen LogP contribution in [0.1, 0.15) is 37.3 Å². The third-order valence-corrected chi connectivity index (χ3v) is 3.86. The molecule has 1 heterocycles. The summed E-state index contributed by atoms with van der Waals surface area (Å²) in [6.07, 6.45) is 0.986. The summed E-state index contributed by atoms with van der Waals surface area (Å²) in [5, 5.41) is 1.18. The fourth-order valence-corrected chi connectivity index (χ4v) is 2.68. The van der Waals surface area contributed by atoms with Gasteiger partial charge >= 0.3 is 0 Å². The van der Waals surface area contributed by atoms with Crippen molar-refractivity contribution in [2.45, 2.75) is 33.1 Å². The monoisotopic (exact) mass is 235 g/mol. The van der Waals surface area contributed by atoms with E-state index in [0.717, 1.165) is 17.7 Å². The lowest BCUT2D eigenvalue weighted by molar-refractivity contribution is 0.418. The molecule has 3 heteroatoms. The van der Waals surface area contributed by atoms with E-state index >= 15 is 0 Å². The molecule has 0 saturated carbocycles. The van der Waals surface area contributed by atoms with E-state index in [0.29, 0.717) is 5.92 Å². The first-order valence-corrected chi connectivity index (χ1v) is 6.44. The lowest BCUT2D eigenvalue weighted by atomic mass is 10.0. The van der Waals surface area contributed by atoms with Crippen molar-refractivity contribution in [2.24, 2.45) is 0 Å². The highest BCUT2D eigenvalue weighted by Crippen LogP contribution is 2.33. The molecule has 0 atom stereocenters. The Bertz CT molecular complexity index is 502. The molecule has 0 saturated heterocycles. The number of methoxy groups -OCH3 is 1. The van der Waals surface area contributed by atoms with Gasteiger partial charge in [0.05, 0.1) is 16.8 Å². The number of thiazole rings is 1. The maximum absolute atomic E-state index is 5.42. The van der Waals surface area contributed by atoms with E-state index in [-0.39, 0.29) is 0 Å². The molecule has 2 nitrogen and oxygen atoms in total. The first-order valence-electron chi connectivity index (χ1n) is 5.63. The van der Waals surface area contributed by atoms with E-state index in [1.54, 1.807) is 18.4 Å². The molecule has 0 N–H and O–H groups in total. The summed E-state index contributed by atoms with van der Waals surface area (Å²) in [6.45, 7) is 6.53. The Hall–Kier alpha value is -1.09. The molecule has 86 valence electrons. The van der Waals surface area contributed by atoms with Crippen LogP contribution < -0.4 is 4.74 Å².